The average molecular weight is 315 g/mol. The number of carbonyl (C=O) groups excluding carboxylic acids is 1. The minimum absolute atomic E-state index is 0.136. The summed E-state index contributed by atoms with van der Waals surface area (Å²) in [6, 6.07) is 14.7. The van der Waals surface area contributed by atoms with E-state index in [1.807, 2.05) is 12.1 Å². The van der Waals surface area contributed by atoms with E-state index in [-0.39, 0.29) is 5.91 Å². The second-order valence-corrected chi connectivity index (χ2v) is 6.90. The van der Waals surface area contributed by atoms with Crippen molar-refractivity contribution in [1.29, 1.82) is 0 Å². The molecule has 2 N–H and O–H groups in total. The summed E-state index contributed by atoms with van der Waals surface area (Å²) >= 11 is 1.61. The first-order chi connectivity index (χ1) is 10.8. The molecule has 1 aliphatic heterocycles. The lowest BCUT2D eigenvalue weighted by Crippen LogP contribution is -3.10. The van der Waals surface area contributed by atoms with Gasteiger partial charge in [0.05, 0.1) is 31.9 Å². The van der Waals surface area contributed by atoms with Gasteiger partial charge < -0.3 is 10.2 Å². The fourth-order valence-electron chi connectivity index (χ4n) is 2.96. The van der Waals surface area contributed by atoms with Crippen LogP contribution in [0.15, 0.2) is 47.4 Å². The number of thioether (sulfide) groups is 1. The van der Waals surface area contributed by atoms with Crippen molar-refractivity contribution in [3.05, 3.63) is 42.5 Å². The first kappa shape index (κ1) is 15.4. The van der Waals surface area contributed by atoms with Gasteiger partial charge in [-0.1, -0.05) is 30.3 Å². The largest absolute Gasteiger partial charge is 0.350 e. The smallest absolute Gasteiger partial charge is 0.230 e. The van der Waals surface area contributed by atoms with Crippen LogP contribution in [0.2, 0.25) is 0 Å². The number of likely N-dealkylation sites (tertiary alicyclic amines) is 1. The summed E-state index contributed by atoms with van der Waals surface area (Å²) in [5, 5.41) is 5.50. The number of nitrogens with one attached hydrogen (secondary N) is 2. The summed E-state index contributed by atoms with van der Waals surface area (Å²) in [6.45, 7) is 4.39. The van der Waals surface area contributed by atoms with Gasteiger partial charge in [0.2, 0.25) is 5.91 Å². The van der Waals surface area contributed by atoms with Gasteiger partial charge in [0, 0.05) is 17.7 Å². The molecule has 0 spiro atoms. The lowest BCUT2D eigenvalue weighted by molar-refractivity contribution is -0.886. The molecule has 1 saturated heterocycles. The molecule has 2 aromatic carbocycles. The Bertz CT molecular complexity index is 638. The van der Waals surface area contributed by atoms with Crippen LogP contribution >= 0.6 is 11.8 Å². The maximum Gasteiger partial charge on any atom is 0.230 e. The summed E-state index contributed by atoms with van der Waals surface area (Å²) in [6.07, 6.45) is 2.67. The molecule has 4 heteroatoms. The zero-order chi connectivity index (χ0) is 15.2. The molecule has 22 heavy (non-hydrogen) atoms. The Kier molecular flexibility index (Phi) is 5.35. The number of hydrogen-bond donors (Lipinski definition) is 2. The highest BCUT2D eigenvalue weighted by Gasteiger charge is 2.14. The van der Waals surface area contributed by atoms with Gasteiger partial charge >= 0.3 is 0 Å². The van der Waals surface area contributed by atoms with Crippen LogP contribution in [0.5, 0.6) is 0 Å². The van der Waals surface area contributed by atoms with E-state index in [1.165, 1.54) is 36.7 Å². The van der Waals surface area contributed by atoms with E-state index in [1.54, 1.807) is 16.7 Å². The molecular weight excluding hydrogens is 292 g/mol. The third kappa shape index (κ3) is 4.24. The fourth-order valence-corrected chi connectivity index (χ4v) is 3.74. The number of carbonyl (C=O) groups is 1. The molecule has 0 aromatic heterocycles. The van der Waals surface area contributed by atoms with Crippen LogP contribution in [0.25, 0.3) is 10.8 Å². The molecule has 0 unspecified atom stereocenters. The first-order valence-corrected chi connectivity index (χ1v) is 9.02. The fraction of sp³-hybridized carbons (Fsp3) is 0.389. The van der Waals surface area contributed by atoms with Crippen molar-refractivity contribution in [2.24, 2.45) is 0 Å². The van der Waals surface area contributed by atoms with E-state index in [4.69, 9.17) is 0 Å². The van der Waals surface area contributed by atoms with E-state index in [2.05, 4.69) is 35.6 Å². The molecule has 0 radical (unpaired) electrons. The van der Waals surface area contributed by atoms with Gasteiger partial charge in [-0.15, -0.1) is 11.8 Å². The average Bonchev–Trinajstić information content (AvgIpc) is 3.06. The highest BCUT2D eigenvalue weighted by Crippen LogP contribution is 2.23. The van der Waals surface area contributed by atoms with Crippen molar-refractivity contribution in [1.82, 2.24) is 5.32 Å². The SMILES string of the molecule is O=C(CSc1ccc2ccccc2c1)NCC[NH+]1CCCC1. The Labute approximate surface area is 136 Å². The summed E-state index contributed by atoms with van der Waals surface area (Å²) in [5.41, 5.74) is 0. The van der Waals surface area contributed by atoms with Gasteiger partial charge in [-0.05, 0) is 22.9 Å². The predicted octanol–water partition coefficient (Wildman–Crippen LogP) is 1.73. The summed E-state index contributed by atoms with van der Waals surface area (Å²) < 4.78 is 0. The zero-order valence-corrected chi connectivity index (χ0v) is 13.6. The standard InChI is InChI=1S/C18H22N2OS/c21-18(19-9-12-20-10-3-4-11-20)14-22-17-8-7-15-5-1-2-6-16(15)13-17/h1-2,5-8,13H,3-4,9-12,14H2,(H,19,21)/p+1. The number of fused-ring (bicyclic) bond motifs is 1. The molecule has 2 aromatic rings. The van der Waals surface area contributed by atoms with Gasteiger partial charge in [0.1, 0.15) is 0 Å². The van der Waals surface area contributed by atoms with Gasteiger partial charge in [-0.3, -0.25) is 4.79 Å². The Morgan fingerprint density at radius 2 is 1.86 bits per heavy atom. The van der Waals surface area contributed by atoms with E-state index in [9.17, 15) is 4.79 Å². The molecule has 0 saturated carbocycles. The van der Waals surface area contributed by atoms with Crippen LogP contribution in [0.3, 0.4) is 0 Å². The zero-order valence-electron chi connectivity index (χ0n) is 12.8. The second kappa shape index (κ2) is 7.65. The predicted molar refractivity (Wildman–Crippen MR) is 92.5 cm³/mol. The van der Waals surface area contributed by atoms with Crippen LogP contribution in [0.4, 0.5) is 0 Å². The quantitative estimate of drug-likeness (QED) is 0.796. The third-order valence-electron chi connectivity index (χ3n) is 4.20. The van der Waals surface area contributed by atoms with Crippen molar-refractivity contribution >= 4 is 28.4 Å². The molecule has 116 valence electrons. The molecule has 3 nitrogen and oxygen atoms in total. The molecule has 1 aliphatic rings. The van der Waals surface area contributed by atoms with Gasteiger partial charge in [-0.2, -0.15) is 0 Å². The highest BCUT2D eigenvalue weighted by atomic mass is 32.2. The molecule has 0 aliphatic carbocycles. The number of amides is 1. The Morgan fingerprint density at radius 1 is 1.09 bits per heavy atom. The second-order valence-electron chi connectivity index (χ2n) is 5.85. The maximum atomic E-state index is 11.9. The lowest BCUT2D eigenvalue weighted by Gasteiger charge is -2.12. The lowest BCUT2D eigenvalue weighted by atomic mass is 10.1. The van der Waals surface area contributed by atoms with Crippen molar-refractivity contribution in [3.63, 3.8) is 0 Å². The Hall–Kier alpha value is -1.52. The number of hydrogen-bond acceptors (Lipinski definition) is 2. The first-order valence-electron chi connectivity index (χ1n) is 8.03. The molecule has 1 heterocycles. The van der Waals surface area contributed by atoms with Crippen molar-refractivity contribution < 1.29 is 9.69 Å². The van der Waals surface area contributed by atoms with Crippen LogP contribution < -0.4 is 10.2 Å². The van der Waals surface area contributed by atoms with Crippen molar-refractivity contribution in [2.45, 2.75) is 17.7 Å². The van der Waals surface area contributed by atoms with Crippen molar-refractivity contribution in [2.75, 3.05) is 31.9 Å². The molecule has 3 rings (SSSR count). The van der Waals surface area contributed by atoms with Crippen LogP contribution in [-0.4, -0.2) is 37.8 Å². The number of quaternary nitrogens is 1. The number of benzene rings is 2. The Balaban J connectivity index is 1.43. The normalized spacial score (nSPS) is 15.3. The summed E-state index contributed by atoms with van der Waals surface area (Å²) in [4.78, 5) is 14.7. The van der Waals surface area contributed by atoms with E-state index < -0.39 is 0 Å². The molecular formula is C18H23N2OS+. The van der Waals surface area contributed by atoms with E-state index in [0.717, 1.165) is 18.0 Å². The molecule has 1 fully saturated rings. The Morgan fingerprint density at radius 3 is 2.68 bits per heavy atom. The minimum Gasteiger partial charge on any atom is -0.350 e. The molecule has 0 bridgehead atoms. The topological polar surface area (TPSA) is 33.5 Å². The summed E-state index contributed by atoms with van der Waals surface area (Å²) in [5.74, 6) is 0.630. The van der Waals surface area contributed by atoms with Crippen LogP contribution in [-0.2, 0) is 4.79 Å². The monoisotopic (exact) mass is 315 g/mol. The van der Waals surface area contributed by atoms with Gasteiger partial charge in [0.25, 0.3) is 0 Å². The van der Waals surface area contributed by atoms with E-state index >= 15 is 0 Å². The number of rotatable bonds is 6. The van der Waals surface area contributed by atoms with Crippen LogP contribution in [0, 0.1) is 0 Å². The third-order valence-corrected chi connectivity index (χ3v) is 5.20. The molecule has 0 atom stereocenters. The highest BCUT2D eigenvalue weighted by molar-refractivity contribution is 8.00. The van der Waals surface area contributed by atoms with Gasteiger partial charge in [-0.25, -0.2) is 0 Å². The van der Waals surface area contributed by atoms with Crippen molar-refractivity contribution in [3.8, 4) is 0 Å². The molecule has 1 amide bonds. The van der Waals surface area contributed by atoms with Gasteiger partial charge in [0.15, 0.2) is 0 Å². The van der Waals surface area contributed by atoms with E-state index in [0.29, 0.717) is 5.75 Å². The maximum absolute atomic E-state index is 11.9. The summed E-state index contributed by atoms with van der Waals surface area (Å²) in [7, 11) is 0. The van der Waals surface area contributed by atoms with Crippen LogP contribution in [0.1, 0.15) is 12.8 Å². The minimum atomic E-state index is 0.136.